The first-order valence-electron chi connectivity index (χ1n) is 0.845. The molecule has 0 atom stereocenters. The summed E-state index contributed by atoms with van der Waals surface area (Å²) in [7, 11) is 9.34. The van der Waals surface area contributed by atoms with Crippen molar-refractivity contribution in [2.75, 3.05) is 0 Å². The summed E-state index contributed by atoms with van der Waals surface area (Å²) in [6.07, 6.45) is 0. The van der Waals surface area contributed by atoms with Gasteiger partial charge in [0.05, 0.1) is 22.7 Å². The molecule has 4 nitrogen and oxygen atoms in total. The maximum absolute atomic E-state index is 8.24. The zero-order valence-electron chi connectivity index (χ0n) is 4.15. The molecule has 10 heteroatoms. The van der Waals surface area contributed by atoms with Gasteiger partial charge in [-0.05, 0) is 0 Å². The monoisotopic (exact) mass is 307 g/mol. The molecule has 0 aromatic carbocycles. The van der Waals surface area contributed by atoms with Gasteiger partial charge in [-0.3, -0.25) is 0 Å². The Morgan fingerprint density at radius 3 is 0.900 bits per heavy atom. The van der Waals surface area contributed by atoms with E-state index < -0.39 is 22.7 Å². The first-order chi connectivity index (χ1) is 4.24. The van der Waals surface area contributed by atoms with Gasteiger partial charge in [0.1, 0.15) is 0 Å². The van der Waals surface area contributed by atoms with Crippen LogP contribution >= 0.6 is 20.2 Å². The van der Waals surface area contributed by atoms with Crippen LogP contribution in [0.3, 0.4) is 0 Å². The van der Waals surface area contributed by atoms with Crippen molar-refractivity contribution >= 4 is 57.9 Å². The maximum atomic E-state index is 8.24. The summed E-state index contributed by atoms with van der Waals surface area (Å²) in [6.45, 7) is 0. The Morgan fingerprint density at radius 2 is 0.900 bits per heavy atom. The van der Waals surface area contributed by atoms with Crippen LogP contribution in [-0.4, -0.2) is 37.7 Å². The molecule has 0 heterocycles. The van der Waals surface area contributed by atoms with Crippen LogP contribution in [0.2, 0.25) is 0 Å². The summed E-state index contributed by atoms with van der Waals surface area (Å²) in [5.74, 6) is 0. The van der Waals surface area contributed by atoms with Crippen LogP contribution in [0.1, 0.15) is 0 Å². The smallest absolute Gasteiger partial charge is 0.0878 e. The van der Waals surface area contributed by atoms with Crippen molar-refractivity contribution in [3.63, 3.8) is 0 Å². The molecule has 0 aliphatic rings. The first kappa shape index (κ1) is 23.0. The van der Waals surface area contributed by atoms with E-state index in [9.17, 15) is 0 Å². The number of rotatable bonds is 0. The molecule has 0 rings (SSSR count). The van der Waals surface area contributed by atoms with Crippen LogP contribution in [-0.2, 0) is 13.1 Å². The number of hydrogen-bond acceptors (Lipinski definition) is 4. The van der Waals surface area contributed by atoms with Crippen LogP contribution in [0.4, 0.5) is 0 Å². The van der Waals surface area contributed by atoms with E-state index in [4.69, 9.17) is 18.6 Å². The number of halogens is 4. The predicted molar refractivity (Wildman–Crippen MR) is 17.5 cm³/mol. The molecule has 0 aromatic heterocycles. The molecule has 0 fully saturated rings. The fraction of sp³-hybridized carbons (Fsp3) is 0. The van der Waals surface area contributed by atoms with Gasteiger partial charge >= 0.3 is 71.1 Å². The molecule has 0 bridgehead atoms. The minimum atomic E-state index is -0.417. The average molecular weight is 309 g/mol. The predicted octanol–water partition coefficient (Wildman–Crippen LogP) is -3.76. The minimum absolute atomic E-state index is 0. The van der Waals surface area contributed by atoms with E-state index in [1.165, 1.54) is 0 Å². The molecular formula is CaCl4CuO4. The SMILES string of the molecule is [Ca+2].[Cl][Cu][Cl].[O-][Cl+][O-].[O-][Cl+][O-]. The van der Waals surface area contributed by atoms with E-state index in [0.717, 1.165) is 13.1 Å². The van der Waals surface area contributed by atoms with E-state index in [1.54, 1.807) is 0 Å². The van der Waals surface area contributed by atoms with Crippen molar-refractivity contribution in [1.82, 2.24) is 0 Å². The molecule has 0 aliphatic carbocycles. The second kappa shape index (κ2) is 41.0. The van der Waals surface area contributed by atoms with Crippen molar-refractivity contribution < 1.29 is 54.4 Å². The zero-order valence-corrected chi connectivity index (χ0v) is 10.3. The second-order valence-corrected chi connectivity index (χ2v) is 1.98. The molecule has 0 aromatic rings. The average Bonchev–Trinajstić information content (AvgIpc) is 1.70. The third kappa shape index (κ3) is 133. The van der Waals surface area contributed by atoms with Crippen molar-refractivity contribution in [2.45, 2.75) is 0 Å². The molecule has 0 spiro atoms. The van der Waals surface area contributed by atoms with Crippen LogP contribution in [0.5, 0.6) is 0 Å². The first-order valence-corrected chi connectivity index (χ1v) is 4.67. The van der Waals surface area contributed by atoms with E-state index >= 15 is 0 Å². The van der Waals surface area contributed by atoms with Gasteiger partial charge in [-0.15, -0.1) is 0 Å². The zero-order chi connectivity index (χ0) is 8.12. The van der Waals surface area contributed by atoms with Gasteiger partial charge in [0.15, 0.2) is 0 Å². The van der Waals surface area contributed by atoms with Gasteiger partial charge in [-0.2, -0.15) is 0 Å². The molecule has 0 N–H and O–H groups in total. The van der Waals surface area contributed by atoms with Crippen LogP contribution in [0, 0.1) is 22.7 Å². The van der Waals surface area contributed by atoms with Crippen molar-refractivity contribution in [2.24, 2.45) is 0 Å². The van der Waals surface area contributed by atoms with Crippen LogP contribution in [0.25, 0.3) is 0 Å². The summed E-state index contributed by atoms with van der Waals surface area (Å²) in [5, 5.41) is 0. The summed E-state index contributed by atoms with van der Waals surface area (Å²) >= 11 is -0.0764. The minimum Gasteiger partial charge on any atom is -0.544 e. The summed E-state index contributed by atoms with van der Waals surface area (Å²) in [4.78, 5) is 0. The van der Waals surface area contributed by atoms with E-state index in [1.807, 2.05) is 0 Å². The third-order valence-electron chi connectivity index (χ3n) is 0. The Hall–Kier alpha value is 2.78. The molecule has 0 saturated carbocycles. The van der Waals surface area contributed by atoms with Crippen molar-refractivity contribution in [3.05, 3.63) is 0 Å². The van der Waals surface area contributed by atoms with E-state index in [0.29, 0.717) is 0 Å². The quantitative estimate of drug-likeness (QED) is 0.430. The Bertz CT molecular complexity index is 22.0. The topological polar surface area (TPSA) is 92.2 Å². The third-order valence-corrected chi connectivity index (χ3v) is 0. The fourth-order valence-corrected chi connectivity index (χ4v) is 0. The molecule has 0 saturated heterocycles. The fourth-order valence-electron chi connectivity index (χ4n) is 0. The number of hydrogen-bond donors (Lipinski definition) is 0. The second-order valence-electron chi connectivity index (χ2n) is 0.169. The summed E-state index contributed by atoms with van der Waals surface area (Å²) in [5.41, 5.74) is 0. The molecule has 10 heavy (non-hydrogen) atoms. The van der Waals surface area contributed by atoms with Gasteiger partial charge in [-0.1, -0.05) is 0 Å². The largest absolute Gasteiger partial charge is 0.544 e. The van der Waals surface area contributed by atoms with E-state index in [2.05, 4.69) is 20.2 Å². The maximum Gasteiger partial charge on any atom is 0.0878 e. The van der Waals surface area contributed by atoms with E-state index in [-0.39, 0.29) is 37.7 Å². The summed E-state index contributed by atoms with van der Waals surface area (Å²) in [6, 6.07) is 0. The van der Waals surface area contributed by atoms with Crippen LogP contribution < -0.4 is 18.6 Å². The molecular weight excluding hydrogens is 309 g/mol. The molecule has 0 amide bonds. The Morgan fingerprint density at radius 1 is 0.900 bits per heavy atom. The Balaban J connectivity index is -0.0000000257. The van der Waals surface area contributed by atoms with Gasteiger partial charge < -0.3 is 18.6 Å². The molecule has 65 valence electrons. The van der Waals surface area contributed by atoms with Crippen LogP contribution in [0.15, 0.2) is 0 Å². The van der Waals surface area contributed by atoms with Gasteiger partial charge in [-0.25, -0.2) is 0 Å². The summed E-state index contributed by atoms with van der Waals surface area (Å²) < 4.78 is 32.9. The van der Waals surface area contributed by atoms with Crippen molar-refractivity contribution in [3.8, 4) is 0 Å². The Kier molecular flexibility index (Phi) is 94.3. The molecule has 0 aliphatic heterocycles. The standard InChI is InChI=1S/Ca.2ClO2.2ClH.Cu/c;2*2-1-3;;;/h;;;2*1H;/q+2;2*-1;;;+2/p-2. The molecule has 0 unspecified atom stereocenters. The Labute approximate surface area is 111 Å². The van der Waals surface area contributed by atoms with Crippen molar-refractivity contribution in [1.29, 1.82) is 0 Å². The van der Waals surface area contributed by atoms with Gasteiger partial charge in [0.25, 0.3) is 0 Å². The van der Waals surface area contributed by atoms with Gasteiger partial charge in [0.2, 0.25) is 0 Å². The van der Waals surface area contributed by atoms with Gasteiger partial charge in [0, 0.05) is 0 Å². The molecule has 0 radical (unpaired) electrons. The normalized spacial score (nSPS) is 5.80.